The summed E-state index contributed by atoms with van der Waals surface area (Å²) in [5.74, 6) is 0.124. The van der Waals surface area contributed by atoms with Crippen LogP contribution in [0.25, 0.3) is 0 Å². The van der Waals surface area contributed by atoms with Crippen molar-refractivity contribution in [1.82, 2.24) is 14.0 Å². The van der Waals surface area contributed by atoms with Crippen molar-refractivity contribution in [2.75, 3.05) is 6.54 Å². The molecule has 23 heavy (non-hydrogen) atoms. The molecule has 0 aromatic carbocycles. The van der Waals surface area contributed by atoms with E-state index in [1.807, 2.05) is 24.0 Å². The molecule has 1 amide bonds. The van der Waals surface area contributed by atoms with E-state index in [0.717, 1.165) is 25.2 Å². The molecule has 2 aromatic heterocycles. The van der Waals surface area contributed by atoms with Crippen LogP contribution in [-0.4, -0.2) is 26.5 Å². The second-order valence-electron chi connectivity index (χ2n) is 6.04. The summed E-state index contributed by atoms with van der Waals surface area (Å²) in [6.45, 7) is 6.03. The van der Waals surface area contributed by atoms with Crippen LogP contribution in [0.1, 0.15) is 37.2 Å². The minimum atomic E-state index is -0.0441. The first kappa shape index (κ1) is 15.6. The standard InChI is InChI=1S/C18H23N3O2/c1-3-15-16-7-5-10-19(16)12-13-21(15)18(23)9-11-20-14(2)6-4-8-17(20)22/h4-8,10,15H,3,9,11-13H2,1-2H3/t15-/m0/s1. The first-order valence-corrected chi connectivity index (χ1v) is 8.22. The smallest absolute Gasteiger partial charge is 0.250 e. The number of aryl methyl sites for hydroxylation is 1. The number of hydrogen-bond donors (Lipinski definition) is 0. The van der Waals surface area contributed by atoms with Crippen LogP contribution >= 0.6 is 0 Å². The summed E-state index contributed by atoms with van der Waals surface area (Å²) in [6, 6.07) is 9.47. The molecule has 1 aliphatic heterocycles. The van der Waals surface area contributed by atoms with Crippen molar-refractivity contribution in [3.05, 3.63) is 58.3 Å². The summed E-state index contributed by atoms with van der Waals surface area (Å²) in [5.41, 5.74) is 2.06. The fourth-order valence-electron chi connectivity index (χ4n) is 3.45. The van der Waals surface area contributed by atoms with Gasteiger partial charge >= 0.3 is 0 Å². The van der Waals surface area contributed by atoms with Crippen LogP contribution in [0.2, 0.25) is 0 Å². The Hall–Kier alpha value is -2.30. The SMILES string of the molecule is CC[C@H]1c2cccn2CCN1C(=O)CCn1c(C)cccc1=O. The molecule has 0 bridgehead atoms. The molecular weight excluding hydrogens is 290 g/mol. The highest BCUT2D eigenvalue weighted by Gasteiger charge is 2.29. The highest BCUT2D eigenvalue weighted by atomic mass is 16.2. The Morgan fingerprint density at radius 3 is 2.78 bits per heavy atom. The van der Waals surface area contributed by atoms with E-state index in [9.17, 15) is 9.59 Å². The molecule has 0 N–H and O–H groups in total. The first-order chi connectivity index (χ1) is 11.1. The molecule has 3 rings (SSSR count). The predicted molar refractivity (Wildman–Crippen MR) is 89.2 cm³/mol. The number of carbonyl (C=O) groups excluding carboxylic acids is 1. The van der Waals surface area contributed by atoms with E-state index in [-0.39, 0.29) is 17.5 Å². The van der Waals surface area contributed by atoms with Gasteiger partial charge in [-0.1, -0.05) is 13.0 Å². The summed E-state index contributed by atoms with van der Waals surface area (Å²) in [5, 5.41) is 0. The third kappa shape index (κ3) is 2.96. The van der Waals surface area contributed by atoms with Crippen molar-refractivity contribution < 1.29 is 4.79 Å². The van der Waals surface area contributed by atoms with Gasteiger partial charge in [-0.15, -0.1) is 0 Å². The zero-order valence-electron chi connectivity index (χ0n) is 13.7. The lowest BCUT2D eigenvalue weighted by molar-refractivity contribution is -0.135. The Kier molecular flexibility index (Phi) is 4.37. The molecule has 5 nitrogen and oxygen atoms in total. The van der Waals surface area contributed by atoms with Gasteiger partial charge in [0.2, 0.25) is 5.91 Å². The number of aromatic nitrogens is 2. The number of pyridine rings is 1. The molecule has 5 heteroatoms. The molecule has 1 aliphatic rings. The van der Waals surface area contributed by atoms with E-state index in [1.54, 1.807) is 16.7 Å². The quantitative estimate of drug-likeness (QED) is 0.870. The zero-order chi connectivity index (χ0) is 16.4. The summed E-state index contributed by atoms with van der Waals surface area (Å²) < 4.78 is 3.90. The molecule has 3 heterocycles. The van der Waals surface area contributed by atoms with Crippen LogP contribution in [0.5, 0.6) is 0 Å². The fourth-order valence-corrected chi connectivity index (χ4v) is 3.45. The van der Waals surface area contributed by atoms with E-state index >= 15 is 0 Å². The predicted octanol–water partition coefficient (Wildman–Crippen LogP) is 2.34. The lowest BCUT2D eigenvalue weighted by Crippen LogP contribution is -2.42. The topological polar surface area (TPSA) is 47.2 Å². The minimum absolute atomic E-state index is 0.0441. The molecular formula is C18H23N3O2. The normalized spacial score (nSPS) is 17.1. The third-order valence-corrected chi connectivity index (χ3v) is 4.69. The molecule has 2 aromatic rings. The lowest BCUT2D eigenvalue weighted by atomic mass is 10.1. The summed E-state index contributed by atoms with van der Waals surface area (Å²) in [4.78, 5) is 26.6. The second-order valence-corrected chi connectivity index (χ2v) is 6.04. The van der Waals surface area contributed by atoms with Crippen LogP contribution in [0.15, 0.2) is 41.3 Å². The van der Waals surface area contributed by atoms with Crippen molar-refractivity contribution >= 4 is 5.91 Å². The van der Waals surface area contributed by atoms with Crippen molar-refractivity contribution in [1.29, 1.82) is 0 Å². The van der Waals surface area contributed by atoms with E-state index in [2.05, 4.69) is 23.8 Å². The minimum Gasteiger partial charge on any atom is -0.348 e. The maximum atomic E-state index is 12.7. The summed E-state index contributed by atoms with van der Waals surface area (Å²) in [7, 11) is 0. The molecule has 0 unspecified atom stereocenters. The van der Waals surface area contributed by atoms with Gasteiger partial charge in [-0.05, 0) is 31.5 Å². The van der Waals surface area contributed by atoms with Gasteiger partial charge < -0.3 is 14.0 Å². The van der Waals surface area contributed by atoms with Gasteiger partial charge in [-0.25, -0.2) is 0 Å². The van der Waals surface area contributed by atoms with Crippen LogP contribution in [0.3, 0.4) is 0 Å². The summed E-state index contributed by atoms with van der Waals surface area (Å²) in [6.07, 6.45) is 3.34. The van der Waals surface area contributed by atoms with Crippen LogP contribution in [0, 0.1) is 6.92 Å². The van der Waals surface area contributed by atoms with Crippen LogP contribution in [0.4, 0.5) is 0 Å². The Labute approximate surface area is 136 Å². The molecule has 0 saturated heterocycles. The molecule has 122 valence electrons. The third-order valence-electron chi connectivity index (χ3n) is 4.69. The molecule has 0 radical (unpaired) electrons. The van der Waals surface area contributed by atoms with E-state index in [1.165, 1.54) is 5.69 Å². The molecule has 0 fully saturated rings. The average Bonchev–Trinajstić information content (AvgIpc) is 3.01. The van der Waals surface area contributed by atoms with Gasteiger partial charge in [-0.2, -0.15) is 0 Å². The largest absolute Gasteiger partial charge is 0.348 e. The number of fused-ring (bicyclic) bond motifs is 1. The Balaban J connectivity index is 1.73. The molecule has 1 atom stereocenters. The van der Waals surface area contributed by atoms with Gasteiger partial charge in [0.05, 0.1) is 6.04 Å². The summed E-state index contributed by atoms with van der Waals surface area (Å²) >= 11 is 0. The van der Waals surface area contributed by atoms with Gasteiger partial charge in [0.1, 0.15) is 0 Å². The monoisotopic (exact) mass is 313 g/mol. The van der Waals surface area contributed by atoms with Crippen molar-refractivity contribution in [3.63, 3.8) is 0 Å². The van der Waals surface area contributed by atoms with Crippen molar-refractivity contribution in [2.45, 2.75) is 45.8 Å². The Morgan fingerprint density at radius 1 is 1.22 bits per heavy atom. The van der Waals surface area contributed by atoms with Crippen molar-refractivity contribution in [2.24, 2.45) is 0 Å². The number of carbonyl (C=O) groups is 1. The molecule has 0 aliphatic carbocycles. The highest BCUT2D eigenvalue weighted by Crippen LogP contribution is 2.29. The number of hydrogen-bond acceptors (Lipinski definition) is 2. The Bertz CT molecular complexity index is 760. The molecule has 0 spiro atoms. The Morgan fingerprint density at radius 2 is 2.04 bits per heavy atom. The van der Waals surface area contributed by atoms with Crippen molar-refractivity contribution in [3.8, 4) is 0 Å². The average molecular weight is 313 g/mol. The number of nitrogens with zero attached hydrogens (tertiary/aromatic N) is 3. The van der Waals surface area contributed by atoms with E-state index in [4.69, 9.17) is 0 Å². The maximum absolute atomic E-state index is 12.7. The van der Waals surface area contributed by atoms with Gasteiger partial charge in [-0.3, -0.25) is 9.59 Å². The van der Waals surface area contributed by atoms with Crippen LogP contribution in [-0.2, 0) is 17.9 Å². The zero-order valence-corrected chi connectivity index (χ0v) is 13.7. The highest BCUT2D eigenvalue weighted by molar-refractivity contribution is 5.76. The first-order valence-electron chi connectivity index (χ1n) is 8.22. The maximum Gasteiger partial charge on any atom is 0.250 e. The van der Waals surface area contributed by atoms with E-state index < -0.39 is 0 Å². The second kappa shape index (κ2) is 6.44. The van der Waals surface area contributed by atoms with Gasteiger partial charge in [0, 0.05) is 49.7 Å². The lowest BCUT2D eigenvalue weighted by Gasteiger charge is -2.36. The fraction of sp³-hybridized carbons (Fsp3) is 0.444. The van der Waals surface area contributed by atoms with Crippen LogP contribution < -0.4 is 5.56 Å². The number of amides is 1. The van der Waals surface area contributed by atoms with Gasteiger partial charge in [0.25, 0.3) is 5.56 Å². The van der Waals surface area contributed by atoms with Gasteiger partial charge in [0.15, 0.2) is 0 Å². The number of rotatable bonds is 4. The molecule has 0 saturated carbocycles. The van der Waals surface area contributed by atoms with E-state index in [0.29, 0.717) is 13.0 Å².